The van der Waals surface area contributed by atoms with E-state index >= 15 is 0 Å². The lowest BCUT2D eigenvalue weighted by Gasteiger charge is -2.15. The van der Waals surface area contributed by atoms with Crippen LogP contribution in [-0.4, -0.2) is 29.7 Å². The van der Waals surface area contributed by atoms with Crippen molar-refractivity contribution in [2.45, 2.75) is 24.7 Å². The molecule has 1 aromatic carbocycles. The molecule has 0 saturated heterocycles. The lowest BCUT2D eigenvalue weighted by Crippen LogP contribution is -2.23. The number of Topliss-reactive ketones (excluding diaryl/α,β-unsaturated/α-hetero) is 1. The maximum absolute atomic E-state index is 13.2. The van der Waals surface area contributed by atoms with E-state index in [2.05, 4.69) is 9.97 Å². The third-order valence-electron chi connectivity index (χ3n) is 5.60. The lowest BCUT2D eigenvalue weighted by atomic mass is 9.88. The predicted octanol–water partition coefficient (Wildman–Crippen LogP) is 3.72. The molecule has 2 aliphatic rings. The number of methoxy groups -OCH3 is 1. The van der Waals surface area contributed by atoms with E-state index in [1.54, 1.807) is 19.4 Å². The number of rotatable bonds is 6. The Kier molecular flexibility index (Phi) is 4.19. The van der Waals surface area contributed by atoms with Gasteiger partial charge >= 0.3 is 0 Å². The fourth-order valence-corrected chi connectivity index (χ4v) is 3.77. The quantitative estimate of drug-likeness (QED) is 0.641. The van der Waals surface area contributed by atoms with Crippen LogP contribution in [0, 0.1) is 0 Å². The average molecular weight is 388 g/mol. The Morgan fingerprint density at radius 3 is 2.72 bits per heavy atom. The first kappa shape index (κ1) is 17.7. The van der Waals surface area contributed by atoms with Crippen molar-refractivity contribution in [3.8, 4) is 28.6 Å². The Morgan fingerprint density at radius 2 is 1.97 bits per heavy atom. The van der Waals surface area contributed by atoms with Gasteiger partial charge in [0.1, 0.15) is 5.78 Å². The summed E-state index contributed by atoms with van der Waals surface area (Å²) in [4.78, 5) is 22.1. The largest absolute Gasteiger partial charge is 0.481 e. The average Bonchev–Trinajstić information content (AvgIpc) is 3.45. The summed E-state index contributed by atoms with van der Waals surface area (Å²) in [6.45, 7) is 0.233. The first-order valence-corrected chi connectivity index (χ1v) is 9.58. The van der Waals surface area contributed by atoms with Crippen molar-refractivity contribution in [1.29, 1.82) is 0 Å². The van der Waals surface area contributed by atoms with Crippen LogP contribution in [-0.2, 0) is 16.6 Å². The van der Waals surface area contributed by atoms with Crippen LogP contribution in [0.4, 0.5) is 0 Å². The molecule has 146 valence electrons. The zero-order chi connectivity index (χ0) is 19.8. The van der Waals surface area contributed by atoms with Crippen molar-refractivity contribution >= 4 is 5.78 Å². The molecule has 2 aromatic heterocycles. The Bertz CT molecular complexity index is 1070. The molecule has 1 aliphatic heterocycles. The number of nitrogens with zero attached hydrogens (tertiary/aromatic N) is 2. The number of aromatic nitrogens is 2. The number of benzene rings is 1. The van der Waals surface area contributed by atoms with Crippen molar-refractivity contribution in [2.75, 3.05) is 13.9 Å². The number of carbonyl (C=O) groups is 1. The summed E-state index contributed by atoms with van der Waals surface area (Å²) in [5.74, 6) is 2.20. The minimum Gasteiger partial charge on any atom is -0.481 e. The molecule has 0 unspecified atom stereocenters. The molecule has 0 spiro atoms. The van der Waals surface area contributed by atoms with E-state index in [-0.39, 0.29) is 12.6 Å². The molecule has 1 saturated carbocycles. The van der Waals surface area contributed by atoms with E-state index in [0.29, 0.717) is 18.1 Å². The molecule has 6 heteroatoms. The minimum absolute atomic E-state index is 0.189. The van der Waals surface area contributed by atoms with E-state index in [9.17, 15) is 4.79 Å². The van der Waals surface area contributed by atoms with Gasteiger partial charge in [0.2, 0.25) is 12.7 Å². The summed E-state index contributed by atoms with van der Waals surface area (Å²) in [6, 6.07) is 15.3. The Labute approximate surface area is 168 Å². The summed E-state index contributed by atoms with van der Waals surface area (Å²) in [5, 5.41) is 0. The maximum atomic E-state index is 13.2. The van der Waals surface area contributed by atoms with Crippen molar-refractivity contribution in [3.63, 3.8) is 0 Å². The Morgan fingerprint density at radius 1 is 1.10 bits per heavy atom. The zero-order valence-corrected chi connectivity index (χ0v) is 16.1. The van der Waals surface area contributed by atoms with E-state index < -0.39 is 5.41 Å². The number of hydrogen-bond acceptors (Lipinski definition) is 6. The van der Waals surface area contributed by atoms with Crippen LogP contribution in [0.5, 0.6) is 17.4 Å². The lowest BCUT2D eigenvalue weighted by molar-refractivity contribution is -0.120. The topological polar surface area (TPSA) is 70.5 Å². The van der Waals surface area contributed by atoms with Crippen molar-refractivity contribution in [1.82, 2.24) is 9.97 Å². The van der Waals surface area contributed by atoms with Gasteiger partial charge in [-0.25, -0.2) is 4.98 Å². The third kappa shape index (κ3) is 3.20. The van der Waals surface area contributed by atoms with E-state index in [4.69, 9.17) is 14.2 Å². The van der Waals surface area contributed by atoms with Gasteiger partial charge in [0, 0.05) is 29.9 Å². The standard InChI is InChI=1S/C23H20N2O4/c1-27-22-8-5-15(13-24-22)18-4-2-3-17(25-18)12-21(26)23(9-10-23)16-6-7-19-20(11-16)29-14-28-19/h2-8,11,13H,9-10,12,14H2,1H3. The number of ketones is 1. The molecule has 5 rings (SSSR count). The highest BCUT2D eigenvalue weighted by molar-refractivity contribution is 5.94. The second kappa shape index (κ2) is 6.88. The second-order valence-corrected chi connectivity index (χ2v) is 7.35. The van der Waals surface area contributed by atoms with E-state index in [1.165, 1.54) is 0 Å². The molecule has 0 amide bonds. The van der Waals surface area contributed by atoms with Gasteiger partial charge in [-0.3, -0.25) is 9.78 Å². The molecule has 0 N–H and O–H groups in total. The molecule has 29 heavy (non-hydrogen) atoms. The van der Waals surface area contributed by atoms with Crippen molar-refractivity contribution in [2.24, 2.45) is 0 Å². The van der Waals surface area contributed by atoms with Crippen LogP contribution in [0.1, 0.15) is 24.1 Å². The summed E-state index contributed by atoms with van der Waals surface area (Å²) in [6.07, 6.45) is 3.73. The molecule has 0 bridgehead atoms. The van der Waals surface area contributed by atoms with Crippen molar-refractivity contribution in [3.05, 3.63) is 66.0 Å². The number of carbonyl (C=O) groups excluding carboxylic acids is 1. The smallest absolute Gasteiger partial charge is 0.231 e. The van der Waals surface area contributed by atoms with Gasteiger partial charge in [-0.2, -0.15) is 0 Å². The molecule has 0 atom stereocenters. The normalized spacial score (nSPS) is 15.8. The van der Waals surface area contributed by atoms with Crippen molar-refractivity contribution < 1.29 is 19.0 Å². The number of ether oxygens (including phenoxy) is 3. The summed E-state index contributed by atoms with van der Waals surface area (Å²) in [7, 11) is 1.58. The van der Waals surface area contributed by atoms with Crippen LogP contribution in [0.25, 0.3) is 11.3 Å². The molecular formula is C23H20N2O4. The fraction of sp³-hybridized carbons (Fsp3) is 0.261. The third-order valence-corrected chi connectivity index (χ3v) is 5.60. The molecular weight excluding hydrogens is 368 g/mol. The highest BCUT2D eigenvalue weighted by atomic mass is 16.7. The highest BCUT2D eigenvalue weighted by Gasteiger charge is 2.50. The van der Waals surface area contributed by atoms with Gasteiger partial charge in [-0.15, -0.1) is 0 Å². The maximum Gasteiger partial charge on any atom is 0.231 e. The van der Waals surface area contributed by atoms with Crippen LogP contribution in [0.3, 0.4) is 0 Å². The molecule has 6 nitrogen and oxygen atoms in total. The summed E-state index contributed by atoms with van der Waals surface area (Å²) < 4.78 is 16.0. The number of fused-ring (bicyclic) bond motifs is 1. The van der Waals surface area contributed by atoms with Gasteiger partial charge in [-0.1, -0.05) is 12.1 Å². The van der Waals surface area contributed by atoms with Gasteiger partial charge in [0.05, 0.1) is 18.2 Å². The van der Waals surface area contributed by atoms with Crippen LogP contribution in [0.15, 0.2) is 54.7 Å². The fourth-order valence-electron chi connectivity index (χ4n) is 3.77. The predicted molar refractivity (Wildman–Crippen MR) is 106 cm³/mol. The molecule has 3 aromatic rings. The first-order chi connectivity index (χ1) is 14.2. The van der Waals surface area contributed by atoms with Gasteiger partial charge in [0.15, 0.2) is 11.5 Å². The monoisotopic (exact) mass is 388 g/mol. The number of pyridine rings is 2. The SMILES string of the molecule is COc1ccc(-c2cccc(CC(=O)C3(c4ccc5c(c4)OCO5)CC3)n2)cn1. The van der Waals surface area contributed by atoms with Gasteiger partial charge in [-0.05, 0) is 48.7 Å². The van der Waals surface area contributed by atoms with Crippen LogP contribution < -0.4 is 14.2 Å². The van der Waals surface area contributed by atoms with E-state index in [0.717, 1.165) is 41.1 Å². The summed E-state index contributed by atoms with van der Waals surface area (Å²) in [5.41, 5.74) is 3.01. The second-order valence-electron chi connectivity index (χ2n) is 7.35. The van der Waals surface area contributed by atoms with Crippen LogP contribution >= 0.6 is 0 Å². The number of hydrogen-bond donors (Lipinski definition) is 0. The minimum atomic E-state index is -0.430. The molecule has 3 heterocycles. The van der Waals surface area contributed by atoms with E-state index in [1.807, 2.05) is 42.5 Å². The summed E-state index contributed by atoms with van der Waals surface area (Å²) >= 11 is 0. The van der Waals surface area contributed by atoms with Gasteiger partial charge in [0.25, 0.3) is 0 Å². The first-order valence-electron chi connectivity index (χ1n) is 9.58. The zero-order valence-electron chi connectivity index (χ0n) is 16.1. The Balaban J connectivity index is 1.37. The molecule has 0 radical (unpaired) electrons. The van der Waals surface area contributed by atoms with Gasteiger partial charge < -0.3 is 14.2 Å². The van der Waals surface area contributed by atoms with Crippen LogP contribution in [0.2, 0.25) is 0 Å². The molecule has 1 aliphatic carbocycles. The highest BCUT2D eigenvalue weighted by Crippen LogP contribution is 2.51. The molecule has 1 fully saturated rings. The Hall–Kier alpha value is -3.41.